The molecule has 0 unspecified atom stereocenters. The van der Waals surface area contributed by atoms with Crippen molar-refractivity contribution in [3.63, 3.8) is 0 Å². The number of aliphatic hydroxyl groups is 1. The molecule has 0 aliphatic rings. The fourth-order valence-electron chi connectivity index (χ4n) is 2.11. The van der Waals surface area contributed by atoms with Crippen molar-refractivity contribution in [3.8, 4) is 0 Å². The van der Waals surface area contributed by atoms with Crippen molar-refractivity contribution in [2.45, 2.75) is 66.7 Å². The molecular weight excluding hydrogens is 292 g/mol. The first-order valence-corrected chi connectivity index (χ1v) is 8.72. The number of rotatable bonds is 10. The molecule has 0 heterocycles. The van der Waals surface area contributed by atoms with Gasteiger partial charge in [-0.3, -0.25) is 0 Å². The Morgan fingerprint density at radius 2 is 1.59 bits per heavy atom. The Hall–Kier alpha value is -0.790. The Kier molecular flexibility index (Phi) is 12.3. The van der Waals surface area contributed by atoms with Gasteiger partial charge in [-0.2, -0.15) is 0 Å². The molecule has 0 bridgehead atoms. The second kappa shape index (κ2) is 12.7. The van der Waals surface area contributed by atoms with Gasteiger partial charge in [-0.15, -0.1) is 0 Å². The summed E-state index contributed by atoms with van der Waals surface area (Å²) >= 11 is 5.66. The van der Waals surface area contributed by atoms with Gasteiger partial charge in [0.1, 0.15) is 0 Å². The van der Waals surface area contributed by atoms with Crippen LogP contribution in [0, 0.1) is 5.92 Å². The van der Waals surface area contributed by atoms with Crippen LogP contribution in [0.4, 0.5) is 0 Å². The van der Waals surface area contributed by atoms with E-state index in [-0.39, 0.29) is 6.61 Å². The molecule has 1 N–H and O–H groups in total. The fraction of sp³-hybridized carbons (Fsp3) is 0.600. The van der Waals surface area contributed by atoms with Crippen molar-refractivity contribution in [2.24, 2.45) is 5.92 Å². The van der Waals surface area contributed by atoms with Gasteiger partial charge in [0, 0.05) is 5.54 Å². The minimum absolute atomic E-state index is 0.149. The van der Waals surface area contributed by atoms with Gasteiger partial charge in [0.15, 0.2) is 0 Å². The summed E-state index contributed by atoms with van der Waals surface area (Å²) in [6, 6.07) is 0. The third kappa shape index (κ3) is 10.9. The lowest BCUT2D eigenvalue weighted by Gasteiger charge is -2.06. The van der Waals surface area contributed by atoms with Crippen LogP contribution in [-0.4, -0.2) is 11.7 Å². The largest absolute Gasteiger partial charge is 0.392 e. The zero-order chi connectivity index (χ0) is 17.0. The number of hydrogen-bond donors (Lipinski definition) is 1. The molecule has 0 amide bonds. The zero-order valence-electron chi connectivity index (χ0n) is 15.0. The first kappa shape index (κ1) is 21.2. The van der Waals surface area contributed by atoms with Gasteiger partial charge in [-0.1, -0.05) is 60.4 Å². The van der Waals surface area contributed by atoms with Gasteiger partial charge in [-0.05, 0) is 64.4 Å². The van der Waals surface area contributed by atoms with Gasteiger partial charge in [0.25, 0.3) is 0 Å². The van der Waals surface area contributed by atoms with E-state index in [4.69, 9.17) is 11.6 Å². The van der Waals surface area contributed by atoms with E-state index in [9.17, 15) is 5.11 Å². The molecule has 0 spiro atoms. The van der Waals surface area contributed by atoms with Gasteiger partial charge in [0.05, 0.1) is 6.61 Å². The summed E-state index contributed by atoms with van der Waals surface area (Å²) in [6.07, 6.45) is 12.1. The Morgan fingerprint density at radius 1 is 0.955 bits per heavy atom. The predicted molar refractivity (Wildman–Crippen MR) is 100 cm³/mol. The van der Waals surface area contributed by atoms with Crippen LogP contribution in [0.5, 0.6) is 0 Å². The molecule has 2 heteroatoms. The van der Waals surface area contributed by atoms with Gasteiger partial charge < -0.3 is 5.11 Å². The quantitative estimate of drug-likeness (QED) is 0.357. The first-order chi connectivity index (χ1) is 10.4. The second-order valence-electron chi connectivity index (χ2n) is 6.47. The highest BCUT2D eigenvalue weighted by atomic mass is 35.5. The van der Waals surface area contributed by atoms with Crippen LogP contribution in [0.15, 0.2) is 46.1 Å². The van der Waals surface area contributed by atoms with E-state index >= 15 is 0 Å². The standard InChI is InChI=1S/C20H33ClO/c1-16(2)20(15-22)13-12-18(4)10-6-8-17(3)9-7-11-19(5)14-21/h8,12-14,16,22H,6-7,9-11,15H2,1-5H3/b17-8+,18-12+,19-14+,20-13-. The van der Waals surface area contributed by atoms with E-state index in [2.05, 4.69) is 52.8 Å². The van der Waals surface area contributed by atoms with E-state index < -0.39 is 0 Å². The summed E-state index contributed by atoms with van der Waals surface area (Å²) in [4.78, 5) is 0. The molecule has 126 valence electrons. The monoisotopic (exact) mass is 324 g/mol. The molecule has 0 fully saturated rings. The third-order valence-electron chi connectivity index (χ3n) is 3.87. The molecule has 0 aromatic rings. The van der Waals surface area contributed by atoms with Gasteiger partial charge in [-0.25, -0.2) is 0 Å². The smallest absolute Gasteiger partial charge is 0.0647 e. The highest BCUT2D eigenvalue weighted by Crippen LogP contribution is 2.15. The zero-order valence-corrected chi connectivity index (χ0v) is 15.7. The average molecular weight is 325 g/mol. The lowest BCUT2D eigenvalue weighted by atomic mass is 10.0. The molecule has 0 saturated carbocycles. The lowest BCUT2D eigenvalue weighted by Crippen LogP contribution is -1.98. The Morgan fingerprint density at radius 3 is 2.14 bits per heavy atom. The van der Waals surface area contributed by atoms with Crippen LogP contribution in [-0.2, 0) is 0 Å². The van der Waals surface area contributed by atoms with E-state index in [1.165, 1.54) is 23.1 Å². The topological polar surface area (TPSA) is 20.2 Å². The maximum atomic E-state index is 9.28. The molecule has 0 aliphatic heterocycles. The molecule has 0 aromatic heterocycles. The number of allylic oxidation sites excluding steroid dienone is 6. The van der Waals surface area contributed by atoms with Crippen molar-refractivity contribution in [2.75, 3.05) is 6.61 Å². The van der Waals surface area contributed by atoms with Crippen LogP contribution in [0.2, 0.25) is 0 Å². The highest BCUT2D eigenvalue weighted by Gasteiger charge is 1.99. The molecule has 0 aliphatic carbocycles. The maximum absolute atomic E-state index is 9.28. The van der Waals surface area contributed by atoms with Crippen LogP contribution in [0.1, 0.15) is 66.7 Å². The molecule has 0 saturated heterocycles. The van der Waals surface area contributed by atoms with Gasteiger partial charge >= 0.3 is 0 Å². The minimum atomic E-state index is 0.149. The Balaban J connectivity index is 4.18. The van der Waals surface area contributed by atoms with E-state index in [1.807, 2.05) is 0 Å². The number of aliphatic hydroxyl groups excluding tert-OH is 1. The van der Waals surface area contributed by atoms with Crippen molar-refractivity contribution in [1.82, 2.24) is 0 Å². The summed E-state index contributed by atoms with van der Waals surface area (Å²) in [6.45, 7) is 10.8. The van der Waals surface area contributed by atoms with Crippen molar-refractivity contribution >= 4 is 11.6 Å². The van der Waals surface area contributed by atoms with E-state index in [1.54, 1.807) is 5.54 Å². The SMILES string of the molecule is C/C(=C\C=C(\CO)C(C)C)CC/C=C(\C)CCC/C(C)=C/Cl. The molecule has 22 heavy (non-hydrogen) atoms. The molecule has 0 aromatic carbocycles. The van der Waals surface area contributed by atoms with E-state index in [0.717, 1.165) is 31.3 Å². The summed E-state index contributed by atoms with van der Waals surface area (Å²) in [5.74, 6) is 0.404. The van der Waals surface area contributed by atoms with Crippen molar-refractivity contribution in [1.29, 1.82) is 0 Å². The summed E-state index contributed by atoms with van der Waals surface area (Å²) in [5.41, 5.74) is 6.84. The van der Waals surface area contributed by atoms with Gasteiger partial charge in [0.2, 0.25) is 0 Å². The molecule has 0 rings (SSSR count). The summed E-state index contributed by atoms with van der Waals surface area (Å²) in [7, 11) is 0. The molecule has 0 radical (unpaired) electrons. The normalized spacial score (nSPS) is 14.9. The molecule has 1 nitrogen and oxygen atoms in total. The fourth-order valence-corrected chi connectivity index (χ4v) is 2.22. The van der Waals surface area contributed by atoms with E-state index in [0.29, 0.717) is 5.92 Å². The van der Waals surface area contributed by atoms with Crippen molar-refractivity contribution < 1.29 is 5.11 Å². The lowest BCUT2D eigenvalue weighted by molar-refractivity contribution is 0.318. The third-order valence-corrected chi connectivity index (χ3v) is 4.24. The van der Waals surface area contributed by atoms with Crippen molar-refractivity contribution in [3.05, 3.63) is 46.1 Å². The summed E-state index contributed by atoms with van der Waals surface area (Å²) in [5, 5.41) is 9.28. The van der Waals surface area contributed by atoms with Crippen LogP contribution >= 0.6 is 11.6 Å². The Labute approximate surface area is 142 Å². The van der Waals surface area contributed by atoms with Crippen LogP contribution in [0.3, 0.4) is 0 Å². The first-order valence-electron chi connectivity index (χ1n) is 8.29. The molecular formula is C20H33ClO. The Bertz CT molecular complexity index is 425. The number of hydrogen-bond acceptors (Lipinski definition) is 1. The number of halogens is 1. The second-order valence-corrected chi connectivity index (χ2v) is 6.68. The van der Waals surface area contributed by atoms with Crippen LogP contribution < -0.4 is 0 Å². The predicted octanol–water partition coefficient (Wildman–Crippen LogP) is 6.55. The molecule has 0 atom stereocenters. The highest BCUT2D eigenvalue weighted by molar-refractivity contribution is 6.25. The maximum Gasteiger partial charge on any atom is 0.0647 e. The minimum Gasteiger partial charge on any atom is -0.392 e. The average Bonchev–Trinajstić information content (AvgIpc) is 2.47. The van der Waals surface area contributed by atoms with Crippen LogP contribution in [0.25, 0.3) is 0 Å². The summed E-state index contributed by atoms with van der Waals surface area (Å²) < 4.78 is 0.